The van der Waals surface area contributed by atoms with E-state index >= 15 is 0 Å². The summed E-state index contributed by atoms with van der Waals surface area (Å²) in [7, 11) is -3.33. The second kappa shape index (κ2) is 8.27. The number of aromatic nitrogens is 2. The highest BCUT2D eigenvalue weighted by atomic mass is 32.2. The van der Waals surface area contributed by atoms with E-state index in [1.54, 1.807) is 66.2 Å². The highest BCUT2D eigenvalue weighted by molar-refractivity contribution is 7.91. The fourth-order valence-electron chi connectivity index (χ4n) is 3.49. The molecule has 0 unspecified atom stereocenters. The van der Waals surface area contributed by atoms with Crippen molar-refractivity contribution in [3.63, 3.8) is 0 Å². The highest BCUT2D eigenvalue weighted by Crippen LogP contribution is 2.37. The molecular weight excluding hydrogens is 437 g/mol. The minimum atomic E-state index is -4.50. The smallest absolute Gasteiger partial charge is 0.300 e. The molecule has 4 aromatic rings. The molecule has 0 atom stereocenters. The molecule has 0 radical (unpaired) electrons. The SMILES string of the molecule is CCS(=O)(=O)c1cccc(-c2ccc(-n3ccnc3-c3ccccc3C(F)(F)F)cc2)c1. The van der Waals surface area contributed by atoms with Crippen molar-refractivity contribution < 1.29 is 21.6 Å². The number of alkyl halides is 3. The van der Waals surface area contributed by atoms with Gasteiger partial charge in [-0.3, -0.25) is 4.57 Å². The Hall–Kier alpha value is -3.39. The van der Waals surface area contributed by atoms with Gasteiger partial charge in [0.15, 0.2) is 9.84 Å². The molecular formula is C24H19F3N2O2S. The van der Waals surface area contributed by atoms with Gasteiger partial charge in [0.05, 0.1) is 16.2 Å². The van der Waals surface area contributed by atoms with E-state index < -0.39 is 21.6 Å². The first-order valence-electron chi connectivity index (χ1n) is 9.84. The van der Waals surface area contributed by atoms with Gasteiger partial charge in [0.25, 0.3) is 0 Å². The largest absolute Gasteiger partial charge is 0.417 e. The fraction of sp³-hybridized carbons (Fsp3) is 0.125. The molecule has 0 aliphatic carbocycles. The number of imidazole rings is 1. The van der Waals surface area contributed by atoms with Crippen molar-refractivity contribution in [1.29, 1.82) is 0 Å². The molecule has 0 spiro atoms. The lowest BCUT2D eigenvalue weighted by Gasteiger charge is -2.14. The van der Waals surface area contributed by atoms with Gasteiger partial charge in [0, 0.05) is 23.6 Å². The maximum absolute atomic E-state index is 13.5. The Morgan fingerprint density at radius 3 is 2.31 bits per heavy atom. The third-order valence-electron chi connectivity index (χ3n) is 5.17. The number of nitrogens with zero attached hydrogens (tertiary/aromatic N) is 2. The normalized spacial score (nSPS) is 12.1. The summed E-state index contributed by atoms with van der Waals surface area (Å²) in [5, 5.41) is 0. The van der Waals surface area contributed by atoms with Crippen molar-refractivity contribution >= 4 is 9.84 Å². The zero-order valence-corrected chi connectivity index (χ0v) is 17.9. The summed E-state index contributed by atoms with van der Waals surface area (Å²) in [6, 6.07) is 19.1. The van der Waals surface area contributed by atoms with Crippen LogP contribution in [0.3, 0.4) is 0 Å². The third-order valence-corrected chi connectivity index (χ3v) is 6.90. The van der Waals surface area contributed by atoms with Crippen LogP contribution in [0.5, 0.6) is 0 Å². The molecule has 0 saturated heterocycles. The third kappa shape index (κ3) is 4.18. The Kier molecular flexibility index (Phi) is 5.64. The van der Waals surface area contributed by atoms with E-state index in [-0.39, 0.29) is 22.0 Å². The molecule has 8 heteroatoms. The van der Waals surface area contributed by atoms with Crippen molar-refractivity contribution in [2.45, 2.75) is 18.0 Å². The number of hydrogen-bond acceptors (Lipinski definition) is 3. The van der Waals surface area contributed by atoms with Gasteiger partial charge < -0.3 is 0 Å². The fourth-order valence-corrected chi connectivity index (χ4v) is 4.41. The minimum Gasteiger partial charge on any atom is -0.300 e. The predicted molar refractivity (Wildman–Crippen MR) is 117 cm³/mol. The van der Waals surface area contributed by atoms with Crippen LogP contribution in [0.2, 0.25) is 0 Å². The van der Waals surface area contributed by atoms with E-state index in [4.69, 9.17) is 0 Å². The molecule has 1 heterocycles. The topological polar surface area (TPSA) is 52.0 Å². The van der Waals surface area contributed by atoms with Crippen molar-refractivity contribution in [3.8, 4) is 28.2 Å². The summed E-state index contributed by atoms with van der Waals surface area (Å²) in [5.74, 6) is 0.194. The first-order chi connectivity index (χ1) is 15.2. The Labute approximate surface area is 183 Å². The second-order valence-corrected chi connectivity index (χ2v) is 9.42. The number of rotatable bonds is 5. The molecule has 0 aliphatic rings. The average molecular weight is 456 g/mol. The second-order valence-electron chi connectivity index (χ2n) is 7.14. The monoisotopic (exact) mass is 456 g/mol. The van der Waals surface area contributed by atoms with Crippen LogP contribution in [0.25, 0.3) is 28.2 Å². The molecule has 0 bridgehead atoms. The van der Waals surface area contributed by atoms with Gasteiger partial charge in [-0.25, -0.2) is 13.4 Å². The highest BCUT2D eigenvalue weighted by Gasteiger charge is 2.34. The Bertz CT molecular complexity index is 1360. The van der Waals surface area contributed by atoms with E-state index in [2.05, 4.69) is 4.98 Å². The molecule has 3 aromatic carbocycles. The lowest BCUT2D eigenvalue weighted by atomic mass is 10.0. The summed E-state index contributed by atoms with van der Waals surface area (Å²) in [6.07, 6.45) is -1.44. The van der Waals surface area contributed by atoms with Gasteiger partial charge in [-0.2, -0.15) is 13.2 Å². The van der Waals surface area contributed by atoms with E-state index in [1.165, 1.54) is 18.3 Å². The van der Waals surface area contributed by atoms with E-state index in [1.807, 2.05) is 6.07 Å². The quantitative estimate of drug-likeness (QED) is 0.369. The molecule has 0 amide bonds. The van der Waals surface area contributed by atoms with Crippen molar-refractivity contribution in [2.24, 2.45) is 0 Å². The first kappa shape index (κ1) is 21.8. The van der Waals surface area contributed by atoms with E-state index in [9.17, 15) is 21.6 Å². The standard InChI is InChI=1S/C24H19F3N2O2S/c1-2-32(30,31)20-7-5-6-18(16-20)17-10-12-19(13-11-17)29-15-14-28-23(29)21-8-3-4-9-22(21)24(25,26)27/h3-16H,2H2,1H3. The summed E-state index contributed by atoms with van der Waals surface area (Å²) in [6.45, 7) is 1.59. The minimum absolute atomic E-state index is 0.00782. The van der Waals surface area contributed by atoms with Gasteiger partial charge in [-0.15, -0.1) is 0 Å². The molecule has 164 valence electrons. The van der Waals surface area contributed by atoms with Gasteiger partial charge in [-0.05, 0) is 41.5 Å². The number of benzene rings is 3. The van der Waals surface area contributed by atoms with Crippen LogP contribution in [-0.4, -0.2) is 23.7 Å². The van der Waals surface area contributed by atoms with Crippen LogP contribution in [-0.2, 0) is 16.0 Å². The molecule has 4 rings (SSSR count). The molecule has 1 aromatic heterocycles. The molecule has 0 aliphatic heterocycles. The van der Waals surface area contributed by atoms with Gasteiger partial charge in [0.1, 0.15) is 5.82 Å². The molecule has 0 saturated carbocycles. The Balaban J connectivity index is 1.72. The average Bonchev–Trinajstić information content (AvgIpc) is 3.28. The van der Waals surface area contributed by atoms with Gasteiger partial charge >= 0.3 is 6.18 Å². The zero-order valence-electron chi connectivity index (χ0n) is 17.0. The van der Waals surface area contributed by atoms with Crippen LogP contribution in [0.1, 0.15) is 12.5 Å². The predicted octanol–water partition coefficient (Wildman–Crippen LogP) is 6.02. The van der Waals surface area contributed by atoms with Crippen LogP contribution in [0.15, 0.2) is 90.1 Å². The lowest BCUT2D eigenvalue weighted by molar-refractivity contribution is -0.137. The molecule has 0 N–H and O–H groups in total. The first-order valence-corrected chi connectivity index (χ1v) is 11.5. The summed E-state index contributed by atoms with van der Waals surface area (Å²) in [5.41, 5.74) is 1.40. The number of hydrogen-bond donors (Lipinski definition) is 0. The van der Waals surface area contributed by atoms with E-state index in [0.717, 1.165) is 17.2 Å². The Morgan fingerprint density at radius 2 is 1.62 bits per heavy atom. The number of halogens is 3. The van der Waals surface area contributed by atoms with Crippen molar-refractivity contribution in [1.82, 2.24) is 9.55 Å². The van der Waals surface area contributed by atoms with Gasteiger partial charge in [-0.1, -0.05) is 49.4 Å². The van der Waals surface area contributed by atoms with Crippen LogP contribution in [0.4, 0.5) is 13.2 Å². The molecule has 4 nitrogen and oxygen atoms in total. The van der Waals surface area contributed by atoms with Crippen molar-refractivity contribution in [2.75, 3.05) is 5.75 Å². The van der Waals surface area contributed by atoms with Crippen LogP contribution < -0.4 is 0 Å². The summed E-state index contributed by atoms with van der Waals surface area (Å²) < 4.78 is 66.4. The summed E-state index contributed by atoms with van der Waals surface area (Å²) in [4.78, 5) is 4.41. The van der Waals surface area contributed by atoms with Gasteiger partial charge in [0.2, 0.25) is 0 Å². The lowest BCUT2D eigenvalue weighted by Crippen LogP contribution is -2.08. The molecule has 32 heavy (non-hydrogen) atoms. The Morgan fingerprint density at radius 1 is 0.906 bits per heavy atom. The maximum Gasteiger partial charge on any atom is 0.417 e. The summed E-state index contributed by atoms with van der Waals surface area (Å²) >= 11 is 0. The van der Waals surface area contributed by atoms with Crippen LogP contribution in [0, 0.1) is 0 Å². The number of sulfone groups is 1. The van der Waals surface area contributed by atoms with Crippen molar-refractivity contribution in [3.05, 3.63) is 90.8 Å². The zero-order chi connectivity index (χ0) is 22.9. The molecule has 0 fully saturated rings. The van der Waals surface area contributed by atoms with Crippen LogP contribution >= 0.6 is 0 Å². The maximum atomic E-state index is 13.5. The van der Waals surface area contributed by atoms with E-state index in [0.29, 0.717) is 5.69 Å².